The number of hydrogen-bond donors (Lipinski definition) is 3. The van der Waals surface area contributed by atoms with Gasteiger partial charge in [0.05, 0.1) is 6.61 Å². The molecule has 9 heteroatoms. The van der Waals surface area contributed by atoms with Gasteiger partial charge in [0, 0.05) is 0 Å². The van der Waals surface area contributed by atoms with Crippen LogP contribution < -0.4 is 0 Å². The van der Waals surface area contributed by atoms with E-state index in [0.717, 1.165) is 0 Å². The number of hydrogen-bond acceptors (Lipinski definition) is 8. The molecule has 0 aliphatic carbocycles. The lowest BCUT2D eigenvalue weighted by atomic mass is 10.1. The van der Waals surface area contributed by atoms with Crippen molar-refractivity contribution in [3.8, 4) is 0 Å². The van der Waals surface area contributed by atoms with Crippen molar-refractivity contribution >= 4 is 23.7 Å². The Morgan fingerprint density at radius 1 is 1.41 bits per heavy atom. The van der Waals surface area contributed by atoms with Gasteiger partial charge in [0.25, 0.3) is 5.78 Å². The number of cyclic esters (lactones) is 1. The highest BCUT2D eigenvalue weighted by atomic mass is 16.6. The molecule has 1 unspecified atom stereocenters. The predicted molar refractivity (Wildman–Crippen MR) is 45.5 cm³/mol. The van der Waals surface area contributed by atoms with Crippen LogP contribution in [0.2, 0.25) is 0 Å². The Bertz CT molecular complexity index is 373. The van der Waals surface area contributed by atoms with Crippen LogP contribution in [0.15, 0.2) is 0 Å². The highest BCUT2D eigenvalue weighted by molar-refractivity contribution is 6.38. The maximum Gasteiger partial charge on any atom is 0.418 e. The maximum atomic E-state index is 11.2. The van der Waals surface area contributed by atoms with Crippen LogP contribution in [0.25, 0.3) is 0 Å². The molecule has 0 bridgehead atoms. The number of rotatable bonds is 3. The molecule has 94 valence electrons. The molecule has 0 radical (unpaired) electrons. The largest absolute Gasteiger partial charge is 0.473 e. The lowest BCUT2D eigenvalue weighted by Gasteiger charge is -2.19. The molecule has 0 aromatic carbocycles. The average Bonchev–Trinajstić information content (AvgIpc) is 2.56. The highest BCUT2D eigenvalue weighted by Gasteiger charge is 2.50. The molecule has 3 atom stereocenters. The molecular formula is C8H8O9. The third-order valence-electron chi connectivity index (χ3n) is 1.98. The molecular weight excluding hydrogens is 240 g/mol. The minimum absolute atomic E-state index is 0.855. The van der Waals surface area contributed by atoms with Crippen LogP contribution in [-0.4, -0.2) is 63.9 Å². The number of carbonyl (C=O) groups is 4. The molecule has 1 heterocycles. The number of carboxylic acid groups (broad SMARTS) is 1. The highest BCUT2D eigenvalue weighted by Crippen LogP contribution is 2.19. The van der Waals surface area contributed by atoms with Crippen LogP contribution >= 0.6 is 0 Å². The molecule has 0 amide bonds. The van der Waals surface area contributed by atoms with E-state index in [1.54, 1.807) is 0 Å². The molecule has 1 aliphatic rings. The Hall–Kier alpha value is -2.00. The first-order chi connectivity index (χ1) is 7.88. The van der Waals surface area contributed by atoms with E-state index in [9.17, 15) is 24.3 Å². The van der Waals surface area contributed by atoms with Gasteiger partial charge in [-0.15, -0.1) is 0 Å². The molecule has 0 saturated carbocycles. The molecule has 1 rings (SSSR count). The number of aliphatic carboxylic acids is 1. The van der Waals surface area contributed by atoms with Gasteiger partial charge in [-0.3, -0.25) is 4.79 Å². The van der Waals surface area contributed by atoms with Crippen molar-refractivity contribution in [2.75, 3.05) is 6.61 Å². The summed E-state index contributed by atoms with van der Waals surface area (Å²) in [6.07, 6.45) is -5.13. The van der Waals surface area contributed by atoms with Crippen LogP contribution in [0.3, 0.4) is 0 Å². The summed E-state index contributed by atoms with van der Waals surface area (Å²) in [6, 6.07) is 0. The van der Waals surface area contributed by atoms with Crippen LogP contribution in [0.4, 0.5) is 0 Å². The lowest BCUT2D eigenvalue weighted by Crippen LogP contribution is -2.42. The topological polar surface area (TPSA) is 147 Å². The number of Topliss-reactive ketones (excluding diaryl/α,β-unsaturated/α-hetero) is 1. The fourth-order valence-electron chi connectivity index (χ4n) is 1.18. The van der Waals surface area contributed by atoms with Gasteiger partial charge in [0.2, 0.25) is 6.10 Å². The predicted octanol–water partition coefficient (Wildman–Crippen LogP) is -3.17. The number of carbonyl (C=O) groups excluding carboxylic acids is 3. The second-order valence-electron chi connectivity index (χ2n) is 3.12. The summed E-state index contributed by atoms with van der Waals surface area (Å²) in [4.78, 5) is 42.9. The van der Waals surface area contributed by atoms with Gasteiger partial charge < -0.3 is 24.8 Å². The smallest absolute Gasteiger partial charge is 0.418 e. The van der Waals surface area contributed by atoms with Gasteiger partial charge in [-0.05, 0) is 0 Å². The van der Waals surface area contributed by atoms with Crippen LogP contribution in [0.5, 0.6) is 0 Å². The van der Waals surface area contributed by atoms with Crippen molar-refractivity contribution in [2.24, 2.45) is 0 Å². The zero-order chi connectivity index (χ0) is 13.2. The summed E-state index contributed by atoms with van der Waals surface area (Å²) >= 11 is 0. The quantitative estimate of drug-likeness (QED) is 0.347. The molecule has 9 nitrogen and oxygen atoms in total. The number of aliphatic hydroxyl groups excluding tert-OH is 2. The summed E-state index contributed by atoms with van der Waals surface area (Å²) in [7, 11) is 0. The van der Waals surface area contributed by atoms with E-state index in [0.29, 0.717) is 0 Å². The Labute approximate surface area is 93.5 Å². The van der Waals surface area contributed by atoms with Crippen molar-refractivity contribution in [1.29, 1.82) is 0 Å². The Kier molecular flexibility index (Phi) is 3.76. The normalized spacial score (nSPS) is 25.3. The van der Waals surface area contributed by atoms with Gasteiger partial charge >= 0.3 is 17.9 Å². The first-order valence-electron chi connectivity index (χ1n) is 4.36. The number of carboxylic acids is 1. The van der Waals surface area contributed by atoms with Crippen molar-refractivity contribution < 1.29 is 44.0 Å². The van der Waals surface area contributed by atoms with Crippen LogP contribution in [0.1, 0.15) is 0 Å². The maximum absolute atomic E-state index is 11.2. The lowest BCUT2D eigenvalue weighted by molar-refractivity contribution is -0.172. The minimum Gasteiger partial charge on any atom is -0.473 e. The summed E-state index contributed by atoms with van der Waals surface area (Å²) in [5, 5.41) is 26.1. The van der Waals surface area contributed by atoms with Crippen LogP contribution in [-0.2, 0) is 28.7 Å². The molecule has 1 aliphatic heterocycles. The van der Waals surface area contributed by atoms with Gasteiger partial charge in [-0.25, -0.2) is 14.4 Å². The number of ketones is 1. The summed E-state index contributed by atoms with van der Waals surface area (Å²) in [6.45, 7) is -0.855. The molecule has 17 heavy (non-hydrogen) atoms. The first-order valence-corrected chi connectivity index (χ1v) is 4.36. The second-order valence-corrected chi connectivity index (χ2v) is 3.12. The van der Waals surface area contributed by atoms with Crippen molar-refractivity contribution in [3.05, 3.63) is 0 Å². The van der Waals surface area contributed by atoms with E-state index in [1.165, 1.54) is 0 Å². The van der Waals surface area contributed by atoms with E-state index in [1.807, 2.05) is 0 Å². The summed E-state index contributed by atoms with van der Waals surface area (Å²) in [5.74, 6) is -6.39. The van der Waals surface area contributed by atoms with E-state index < -0.39 is 48.6 Å². The molecule has 1 saturated heterocycles. The number of ether oxygens (including phenoxy) is 2. The van der Waals surface area contributed by atoms with Gasteiger partial charge in [-0.1, -0.05) is 0 Å². The van der Waals surface area contributed by atoms with Gasteiger partial charge in [-0.2, -0.15) is 0 Å². The van der Waals surface area contributed by atoms with E-state index in [-0.39, 0.29) is 0 Å². The zero-order valence-electron chi connectivity index (χ0n) is 8.23. The van der Waals surface area contributed by atoms with Crippen molar-refractivity contribution in [2.45, 2.75) is 18.3 Å². The second kappa shape index (κ2) is 4.89. The number of aliphatic hydroxyl groups is 2. The SMILES string of the molecule is O=C(O)C(=O)OC1C(=O)C(=O)O[C@@H]1[C@@H](O)CO. The fraction of sp³-hybridized carbons (Fsp3) is 0.500. The number of esters is 2. The van der Waals surface area contributed by atoms with Crippen molar-refractivity contribution in [1.82, 2.24) is 0 Å². The van der Waals surface area contributed by atoms with Gasteiger partial charge in [0.15, 0.2) is 6.10 Å². The van der Waals surface area contributed by atoms with Gasteiger partial charge in [0.1, 0.15) is 6.10 Å². The average molecular weight is 248 g/mol. The standard InChI is InChI=1S/C8H8O9/c9-1-2(10)4-5(3(11)7(14)16-4)17-8(15)6(12)13/h2,4-5,9-10H,1H2,(H,12,13)/t2-,4+,5?/m0/s1. The monoisotopic (exact) mass is 248 g/mol. The third-order valence-corrected chi connectivity index (χ3v) is 1.98. The van der Waals surface area contributed by atoms with Crippen LogP contribution in [0, 0.1) is 0 Å². The third kappa shape index (κ3) is 2.57. The van der Waals surface area contributed by atoms with E-state index >= 15 is 0 Å². The Morgan fingerprint density at radius 3 is 2.47 bits per heavy atom. The molecule has 0 spiro atoms. The molecule has 0 aromatic rings. The van der Waals surface area contributed by atoms with E-state index in [2.05, 4.69) is 9.47 Å². The first kappa shape index (κ1) is 13.1. The van der Waals surface area contributed by atoms with Crippen molar-refractivity contribution in [3.63, 3.8) is 0 Å². The Morgan fingerprint density at radius 2 is 2.00 bits per heavy atom. The van der Waals surface area contributed by atoms with E-state index in [4.69, 9.17) is 10.2 Å². The summed E-state index contributed by atoms with van der Waals surface area (Å²) in [5.41, 5.74) is 0. The minimum atomic E-state index is -1.96. The molecule has 3 N–H and O–H groups in total. The molecule has 0 aromatic heterocycles. The zero-order valence-corrected chi connectivity index (χ0v) is 8.23. The summed E-state index contributed by atoms with van der Waals surface area (Å²) < 4.78 is 8.54. The Balaban J connectivity index is 2.84. The fourth-order valence-corrected chi connectivity index (χ4v) is 1.18. The molecule has 1 fully saturated rings.